The molecule has 0 bridgehead atoms. The number of aromatic nitrogens is 2. The van der Waals surface area contributed by atoms with Gasteiger partial charge in [0.05, 0.1) is 13.2 Å². The summed E-state index contributed by atoms with van der Waals surface area (Å²) in [6, 6.07) is 22.2. The first-order chi connectivity index (χ1) is 14.2. The van der Waals surface area contributed by atoms with Crippen molar-refractivity contribution in [2.24, 2.45) is 0 Å². The van der Waals surface area contributed by atoms with E-state index >= 15 is 0 Å². The standard InChI is InChI=1S/C23H19N3O3/c1-28-19-9-7-16(8-10-19)20-15-21(29-26-20)23(27)25-22(17-5-3-2-4-6-17)18-11-13-24-14-12-18/h2-15,22H,1H3,(H,25,27)/t22-/m0/s1. The van der Waals surface area contributed by atoms with Crippen LogP contribution in [0.15, 0.2) is 89.7 Å². The van der Waals surface area contributed by atoms with Gasteiger partial charge in [0, 0.05) is 24.0 Å². The quantitative estimate of drug-likeness (QED) is 0.536. The van der Waals surface area contributed by atoms with Crippen molar-refractivity contribution in [3.05, 3.63) is 102 Å². The number of pyridine rings is 1. The van der Waals surface area contributed by atoms with E-state index in [0.717, 1.165) is 22.4 Å². The number of nitrogens with one attached hydrogen (secondary N) is 1. The first-order valence-electron chi connectivity index (χ1n) is 9.11. The molecule has 6 nitrogen and oxygen atoms in total. The third-order valence-corrected chi connectivity index (χ3v) is 4.57. The molecule has 1 atom stereocenters. The molecule has 0 radical (unpaired) electrons. The van der Waals surface area contributed by atoms with E-state index in [4.69, 9.17) is 9.26 Å². The first kappa shape index (κ1) is 18.4. The number of methoxy groups -OCH3 is 1. The summed E-state index contributed by atoms with van der Waals surface area (Å²) < 4.78 is 10.5. The maximum Gasteiger partial charge on any atom is 0.290 e. The van der Waals surface area contributed by atoms with E-state index in [2.05, 4.69) is 15.5 Å². The second kappa shape index (κ2) is 8.39. The lowest BCUT2D eigenvalue weighted by atomic mass is 9.99. The SMILES string of the molecule is COc1ccc(-c2cc(C(=O)N[C@@H](c3ccccc3)c3ccncc3)on2)cc1. The molecule has 144 valence electrons. The summed E-state index contributed by atoms with van der Waals surface area (Å²) >= 11 is 0. The third kappa shape index (κ3) is 4.16. The zero-order valence-electron chi connectivity index (χ0n) is 15.8. The molecule has 0 saturated heterocycles. The minimum absolute atomic E-state index is 0.144. The monoisotopic (exact) mass is 385 g/mol. The molecule has 0 spiro atoms. The van der Waals surface area contributed by atoms with Crippen LogP contribution in [0.1, 0.15) is 27.7 Å². The fourth-order valence-electron chi connectivity index (χ4n) is 3.04. The highest BCUT2D eigenvalue weighted by atomic mass is 16.5. The first-order valence-corrected chi connectivity index (χ1v) is 9.11. The number of amides is 1. The molecule has 0 aliphatic heterocycles. The van der Waals surface area contributed by atoms with Crippen molar-refractivity contribution in [3.8, 4) is 17.0 Å². The maximum atomic E-state index is 12.9. The van der Waals surface area contributed by atoms with Crippen molar-refractivity contribution >= 4 is 5.91 Å². The topological polar surface area (TPSA) is 77.2 Å². The van der Waals surface area contributed by atoms with Crippen molar-refractivity contribution in [1.29, 1.82) is 0 Å². The van der Waals surface area contributed by atoms with E-state index in [1.165, 1.54) is 0 Å². The van der Waals surface area contributed by atoms with Crippen LogP contribution in [0.5, 0.6) is 5.75 Å². The van der Waals surface area contributed by atoms with Crippen LogP contribution in [-0.4, -0.2) is 23.2 Å². The van der Waals surface area contributed by atoms with Crippen LogP contribution in [-0.2, 0) is 0 Å². The molecule has 4 aromatic rings. The maximum absolute atomic E-state index is 12.9. The number of rotatable bonds is 6. The van der Waals surface area contributed by atoms with E-state index in [1.54, 1.807) is 25.6 Å². The van der Waals surface area contributed by atoms with Gasteiger partial charge in [-0.3, -0.25) is 9.78 Å². The van der Waals surface area contributed by atoms with Gasteiger partial charge < -0.3 is 14.6 Å². The molecular weight excluding hydrogens is 366 g/mol. The normalized spacial score (nSPS) is 11.6. The van der Waals surface area contributed by atoms with Crippen LogP contribution in [0.3, 0.4) is 0 Å². The second-order valence-electron chi connectivity index (χ2n) is 6.40. The zero-order valence-corrected chi connectivity index (χ0v) is 15.8. The van der Waals surface area contributed by atoms with Crippen LogP contribution in [0.2, 0.25) is 0 Å². The number of hydrogen-bond donors (Lipinski definition) is 1. The van der Waals surface area contributed by atoms with Crippen molar-refractivity contribution in [2.75, 3.05) is 7.11 Å². The summed E-state index contributed by atoms with van der Waals surface area (Å²) in [4.78, 5) is 16.9. The number of benzene rings is 2. The third-order valence-electron chi connectivity index (χ3n) is 4.57. The highest BCUT2D eigenvalue weighted by molar-refractivity contribution is 5.93. The van der Waals surface area contributed by atoms with Gasteiger partial charge in [-0.2, -0.15) is 0 Å². The highest BCUT2D eigenvalue weighted by Gasteiger charge is 2.21. The average molecular weight is 385 g/mol. The van der Waals surface area contributed by atoms with Gasteiger partial charge in [-0.1, -0.05) is 35.5 Å². The van der Waals surface area contributed by atoms with Crippen molar-refractivity contribution in [3.63, 3.8) is 0 Å². The summed E-state index contributed by atoms with van der Waals surface area (Å²) in [5.41, 5.74) is 3.30. The van der Waals surface area contributed by atoms with E-state index in [1.807, 2.05) is 66.7 Å². The van der Waals surface area contributed by atoms with E-state index in [-0.39, 0.29) is 17.7 Å². The van der Waals surface area contributed by atoms with Gasteiger partial charge in [0.1, 0.15) is 11.4 Å². The number of hydrogen-bond acceptors (Lipinski definition) is 5. The Bertz CT molecular complexity index is 1040. The zero-order chi connectivity index (χ0) is 20.1. The Morgan fingerprint density at radius 1 is 0.966 bits per heavy atom. The largest absolute Gasteiger partial charge is 0.497 e. The van der Waals surface area contributed by atoms with Crippen LogP contribution in [0.25, 0.3) is 11.3 Å². The minimum Gasteiger partial charge on any atom is -0.497 e. The lowest BCUT2D eigenvalue weighted by Crippen LogP contribution is -2.29. The molecule has 0 aliphatic carbocycles. The molecule has 2 heterocycles. The van der Waals surface area contributed by atoms with Gasteiger partial charge >= 0.3 is 0 Å². The summed E-state index contributed by atoms with van der Waals surface area (Å²) in [6.07, 6.45) is 3.40. The second-order valence-corrected chi connectivity index (χ2v) is 6.40. The van der Waals surface area contributed by atoms with Crippen molar-refractivity contribution < 1.29 is 14.1 Å². The average Bonchev–Trinajstić information content (AvgIpc) is 3.29. The lowest BCUT2D eigenvalue weighted by Gasteiger charge is -2.18. The highest BCUT2D eigenvalue weighted by Crippen LogP contribution is 2.24. The van der Waals surface area contributed by atoms with Gasteiger partial charge in [0.25, 0.3) is 5.91 Å². The summed E-state index contributed by atoms with van der Waals surface area (Å²) in [6.45, 7) is 0. The molecule has 0 aliphatic rings. The number of nitrogens with zero attached hydrogens (tertiary/aromatic N) is 2. The van der Waals surface area contributed by atoms with Gasteiger partial charge in [0.15, 0.2) is 0 Å². The van der Waals surface area contributed by atoms with Crippen LogP contribution in [0.4, 0.5) is 0 Å². The van der Waals surface area contributed by atoms with Crippen LogP contribution in [0, 0.1) is 0 Å². The molecule has 1 N–H and O–H groups in total. The molecule has 4 rings (SSSR count). The van der Waals surface area contributed by atoms with Crippen molar-refractivity contribution in [1.82, 2.24) is 15.5 Å². The Morgan fingerprint density at radius 2 is 1.66 bits per heavy atom. The van der Waals surface area contributed by atoms with E-state index in [0.29, 0.717) is 5.69 Å². The van der Waals surface area contributed by atoms with Crippen molar-refractivity contribution in [2.45, 2.75) is 6.04 Å². The predicted molar refractivity (Wildman–Crippen MR) is 108 cm³/mol. The molecule has 29 heavy (non-hydrogen) atoms. The van der Waals surface area contributed by atoms with Crippen LogP contribution < -0.4 is 10.1 Å². The molecule has 6 heteroatoms. The Labute approximate surface area is 168 Å². The fourth-order valence-corrected chi connectivity index (χ4v) is 3.04. The smallest absolute Gasteiger partial charge is 0.290 e. The van der Waals surface area contributed by atoms with E-state index in [9.17, 15) is 4.79 Å². The Balaban J connectivity index is 1.57. The fraction of sp³-hybridized carbons (Fsp3) is 0.0870. The predicted octanol–water partition coefficient (Wildman–Crippen LogP) is 4.26. The van der Waals surface area contributed by atoms with Crippen LogP contribution >= 0.6 is 0 Å². The Kier molecular flexibility index (Phi) is 5.33. The molecule has 0 fully saturated rings. The molecule has 0 saturated carbocycles. The minimum atomic E-state index is -0.345. The molecular formula is C23H19N3O3. The van der Waals surface area contributed by atoms with Gasteiger partial charge in [-0.15, -0.1) is 0 Å². The summed E-state index contributed by atoms with van der Waals surface area (Å²) in [5.74, 6) is 0.548. The van der Waals surface area contributed by atoms with Gasteiger partial charge in [0.2, 0.25) is 5.76 Å². The molecule has 2 aromatic carbocycles. The molecule has 1 amide bonds. The van der Waals surface area contributed by atoms with Gasteiger partial charge in [-0.05, 0) is 47.5 Å². The summed E-state index contributed by atoms with van der Waals surface area (Å²) in [7, 11) is 1.61. The molecule has 0 unspecified atom stereocenters. The number of carbonyl (C=O) groups is 1. The lowest BCUT2D eigenvalue weighted by molar-refractivity contribution is 0.0906. The number of ether oxygens (including phenoxy) is 1. The van der Waals surface area contributed by atoms with Gasteiger partial charge in [-0.25, -0.2) is 0 Å². The van der Waals surface area contributed by atoms with E-state index < -0.39 is 0 Å². The summed E-state index contributed by atoms with van der Waals surface area (Å²) in [5, 5.41) is 7.06. The molecule has 2 aromatic heterocycles. The number of carbonyl (C=O) groups excluding carboxylic acids is 1. The Morgan fingerprint density at radius 3 is 2.34 bits per heavy atom. The Hall–Kier alpha value is -3.93.